The molecule has 1 nitrogen and oxygen atoms in total. The molecular formula is C5H4F4O. The molecule has 0 radical (unpaired) electrons. The lowest BCUT2D eigenvalue weighted by atomic mass is 10.6. The highest BCUT2D eigenvalue weighted by atomic mass is 19.3. The zero-order chi connectivity index (χ0) is 8.36. The van der Waals surface area contributed by atoms with E-state index in [4.69, 9.17) is 0 Å². The maximum Gasteiger partial charge on any atom is 0.455 e. The molecule has 0 unspecified atom stereocenters. The Labute approximate surface area is 54.6 Å². The lowest BCUT2D eigenvalue weighted by molar-refractivity contribution is -0.206. The maximum absolute atomic E-state index is 11.8. The number of alkyl halides is 2. The Morgan fingerprint density at radius 3 is 1.70 bits per heavy atom. The summed E-state index contributed by atoms with van der Waals surface area (Å²) in [4.78, 5) is 0. The summed E-state index contributed by atoms with van der Waals surface area (Å²) in [6.07, 6.45) is -4.31. The Morgan fingerprint density at radius 2 is 1.60 bits per heavy atom. The first-order chi connectivity index (χ1) is 4.36. The van der Waals surface area contributed by atoms with Crippen molar-refractivity contribution in [2.45, 2.75) is 6.11 Å². The minimum atomic E-state index is -4.31. The highest BCUT2D eigenvalue weighted by Gasteiger charge is 2.37. The molecule has 0 aromatic rings. The van der Waals surface area contributed by atoms with E-state index in [1.54, 1.807) is 0 Å². The monoisotopic (exact) mass is 156 g/mol. The predicted octanol–water partition coefficient (Wildman–Crippen LogP) is 2.52. The van der Waals surface area contributed by atoms with Gasteiger partial charge >= 0.3 is 6.11 Å². The Hall–Kier alpha value is -1.00. The molecule has 0 N–H and O–H groups in total. The summed E-state index contributed by atoms with van der Waals surface area (Å²) in [6, 6.07) is -1.76. The van der Waals surface area contributed by atoms with E-state index in [0.717, 1.165) is 0 Å². The third-order valence-electron chi connectivity index (χ3n) is 0.555. The average Bonchev–Trinajstić information content (AvgIpc) is 1.60. The minimum absolute atomic E-state index is 1.76. The van der Waals surface area contributed by atoms with E-state index >= 15 is 0 Å². The number of halogens is 4. The van der Waals surface area contributed by atoms with Crippen LogP contribution >= 0.6 is 0 Å². The average molecular weight is 156 g/mol. The van der Waals surface area contributed by atoms with Gasteiger partial charge in [-0.25, -0.2) is 4.39 Å². The highest BCUT2D eigenvalue weighted by molar-refractivity contribution is 4.92. The molecule has 0 bridgehead atoms. The fourth-order valence-corrected chi connectivity index (χ4v) is 0.194. The van der Waals surface area contributed by atoms with Crippen molar-refractivity contribution in [3.63, 3.8) is 0 Å². The molecule has 5 heteroatoms. The summed E-state index contributed by atoms with van der Waals surface area (Å²) < 4.78 is 49.6. The SMILES string of the molecule is C=C(F)OC(F)(F)C(=C)F. The first kappa shape index (κ1) is 9.00. The molecule has 0 amide bonds. The van der Waals surface area contributed by atoms with Gasteiger partial charge < -0.3 is 4.74 Å². The van der Waals surface area contributed by atoms with Gasteiger partial charge in [0.1, 0.15) is 0 Å². The summed E-state index contributed by atoms with van der Waals surface area (Å²) >= 11 is 0. The van der Waals surface area contributed by atoms with Crippen LogP contribution in [-0.2, 0) is 4.74 Å². The van der Waals surface area contributed by atoms with Gasteiger partial charge in [-0.15, -0.1) is 0 Å². The summed E-state index contributed by atoms with van der Waals surface area (Å²) in [5.74, 6) is -2.06. The van der Waals surface area contributed by atoms with Gasteiger partial charge in [0.05, 0.1) is 0 Å². The van der Waals surface area contributed by atoms with Gasteiger partial charge in [-0.2, -0.15) is 13.2 Å². The highest BCUT2D eigenvalue weighted by Crippen LogP contribution is 2.27. The van der Waals surface area contributed by atoms with E-state index in [2.05, 4.69) is 17.9 Å². The zero-order valence-electron chi connectivity index (χ0n) is 4.83. The molecule has 0 atom stereocenters. The van der Waals surface area contributed by atoms with Gasteiger partial charge in [-0.05, 0) is 6.58 Å². The largest absolute Gasteiger partial charge is 0.455 e. The van der Waals surface area contributed by atoms with Gasteiger partial charge in [-0.1, -0.05) is 6.58 Å². The van der Waals surface area contributed by atoms with Gasteiger partial charge in [0, 0.05) is 0 Å². The number of hydrogen-bond acceptors (Lipinski definition) is 1. The molecule has 0 aliphatic rings. The van der Waals surface area contributed by atoms with Crippen LogP contribution < -0.4 is 0 Å². The molecule has 0 rings (SSSR count). The van der Waals surface area contributed by atoms with Crippen molar-refractivity contribution in [3.05, 3.63) is 25.0 Å². The number of hydrogen-bond donors (Lipinski definition) is 0. The summed E-state index contributed by atoms with van der Waals surface area (Å²) in [5, 5.41) is 0. The summed E-state index contributed by atoms with van der Waals surface area (Å²) in [5.41, 5.74) is 0. The third-order valence-corrected chi connectivity index (χ3v) is 0.555. The summed E-state index contributed by atoms with van der Waals surface area (Å²) in [7, 11) is 0. The van der Waals surface area contributed by atoms with Crippen molar-refractivity contribution < 1.29 is 22.3 Å². The van der Waals surface area contributed by atoms with Crippen molar-refractivity contribution in [2.75, 3.05) is 0 Å². The lowest BCUT2D eigenvalue weighted by Crippen LogP contribution is -2.19. The number of rotatable bonds is 3. The van der Waals surface area contributed by atoms with Crippen LogP contribution in [-0.4, -0.2) is 6.11 Å². The standard InChI is InChI=1S/C5H4F4O/c1-3(6)5(8,9)10-4(2)7/h1-2H2. The molecule has 0 spiro atoms. The molecule has 0 aromatic heterocycles. The normalized spacial score (nSPS) is 10.8. The fourth-order valence-electron chi connectivity index (χ4n) is 0.194. The number of ether oxygens (including phenoxy) is 1. The van der Waals surface area contributed by atoms with Crippen LogP contribution in [0.2, 0.25) is 0 Å². The molecule has 0 aliphatic carbocycles. The Balaban J connectivity index is 4.13. The molecule has 10 heavy (non-hydrogen) atoms. The van der Waals surface area contributed by atoms with Crippen molar-refractivity contribution in [1.29, 1.82) is 0 Å². The minimum Gasteiger partial charge on any atom is -0.401 e. The Kier molecular flexibility index (Phi) is 2.45. The molecule has 0 aromatic carbocycles. The molecule has 0 saturated carbocycles. The van der Waals surface area contributed by atoms with Gasteiger partial charge in [0.15, 0.2) is 0 Å². The van der Waals surface area contributed by atoms with Crippen LogP contribution in [0, 0.1) is 0 Å². The van der Waals surface area contributed by atoms with Crippen molar-refractivity contribution in [3.8, 4) is 0 Å². The molecule has 0 aliphatic heterocycles. The van der Waals surface area contributed by atoms with E-state index in [0.29, 0.717) is 0 Å². The second-order valence-electron chi connectivity index (χ2n) is 1.38. The van der Waals surface area contributed by atoms with Crippen LogP contribution in [0.5, 0.6) is 0 Å². The molecule has 0 fully saturated rings. The molecule has 58 valence electrons. The summed E-state index contributed by atoms with van der Waals surface area (Å²) in [6.45, 7) is 4.58. The van der Waals surface area contributed by atoms with E-state index < -0.39 is 17.9 Å². The first-order valence-electron chi connectivity index (χ1n) is 2.12. The fraction of sp³-hybridized carbons (Fsp3) is 0.200. The van der Waals surface area contributed by atoms with Gasteiger partial charge in [-0.3, -0.25) is 0 Å². The molecule has 0 heterocycles. The predicted molar refractivity (Wildman–Crippen MR) is 26.5 cm³/mol. The Bertz CT molecular complexity index is 163. The lowest BCUT2D eigenvalue weighted by Gasteiger charge is -2.11. The smallest absolute Gasteiger partial charge is 0.401 e. The van der Waals surface area contributed by atoms with Crippen LogP contribution in [0.4, 0.5) is 17.6 Å². The van der Waals surface area contributed by atoms with Gasteiger partial charge in [0.25, 0.3) is 6.01 Å². The second kappa shape index (κ2) is 2.72. The van der Waals surface area contributed by atoms with E-state index in [1.807, 2.05) is 0 Å². The second-order valence-corrected chi connectivity index (χ2v) is 1.38. The van der Waals surface area contributed by atoms with Crippen molar-refractivity contribution >= 4 is 0 Å². The van der Waals surface area contributed by atoms with Crippen molar-refractivity contribution in [1.82, 2.24) is 0 Å². The van der Waals surface area contributed by atoms with Crippen LogP contribution in [0.1, 0.15) is 0 Å². The topological polar surface area (TPSA) is 9.23 Å². The van der Waals surface area contributed by atoms with E-state index in [-0.39, 0.29) is 0 Å². The van der Waals surface area contributed by atoms with Crippen molar-refractivity contribution in [2.24, 2.45) is 0 Å². The maximum atomic E-state index is 11.8. The van der Waals surface area contributed by atoms with E-state index in [1.165, 1.54) is 0 Å². The van der Waals surface area contributed by atoms with Crippen LogP contribution in [0.3, 0.4) is 0 Å². The molecule has 0 saturated heterocycles. The van der Waals surface area contributed by atoms with E-state index in [9.17, 15) is 17.6 Å². The zero-order valence-corrected chi connectivity index (χ0v) is 4.83. The Morgan fingerprint density at radius 1 is 1.20 bits per heavy atom. The van der Waals surface area contributed by atoms with Crippen LogP contribution in [0.15, 0.2) is 25.0 Å². The first-order valence-corrected chi connectivity index (χ1v) is 2.12. The van der Waals surface area contributed by atoms with Gasteiger partial charge in [0.2, 0.25) is 5.83 Å². The quantitative estimate of drug-likeness (QED) is 0.450. The molecular weight excluding hydrogens is 152 g/mol. The third kappa shape index (κ3) is 2.52. The van der Waals surface area contributed by atoms with Crippen LogP contribution in [0.25, 0.3) is 0 Å².